The van der Waals surface area contributed by atoms with E-state index in [9.17, 15) is 23.1 Å². The highest BCUT2D eigenvalue weighted by Gasteiger charge is 2.37. The number of hydrogen-bond acceptors (Lipinski definition) is 6. The molecule has 2 aromatic rings. The summed E-state index contributed by atoms with van der Waals surface area (Å²) in [6, 6.07) is 10.2. The van der Waals surface area contributed by atoms with Crippen LogP contribution in [0.5, 0.6) is 0 Å². The molecule has 0 spiro atoms. The van der Waals surface area contributed by atoms with Crippen LogP contribution in [0.4, 0.5) is 19.0 Å². The molecule has 1 amide bonds. The number of nitriles is 1. The number of anilines is 1. The summed E-state index contributed by atoms with van der Waals surface area (Å²) in [5, 5.41) is 29.5. The molecule has 30 heavy (non-hydrogen) atoms. The zero-order chi connectivity index (χ0) is 21.9. The number of aliphatic hydroxyl groups excluding tert-OH is 1. The third-order valence-electron chi connectivity index (χ3n) is 5.06. The van der Waals surface area contributed by atoms with Gasteiger partial charge >= 0.3 is 6.18 Å². The smallest absolute Gasteiger partial charge is 0.389 e. The number of hydrogen-bond donors (Lipinski definition) is 2. The van der Waals surface area contributed by atoms with Crippen LogP contribution in [-0.4, -0.2) is 52.6 Å². The average Bonchev–Trinajstić information content (AvgIpc) is 3.07. The molecule has 2 N–H and O–H groups in total. The minimum Gasteiger partial charge on any atom is -0.389 e. The first kappa shape index (κ1) is 21.5. The Bertz CT molecular complexity index is 925. The van der Waals surface area contributed by atoms with E-state index in [0.717, 1.165) is 6.92 Å². The lowest BCUT2D eigenvalue weighted by molar-refractivity contribution is -0.146. The van der Waals surface area contributed by atoms with Crippen molar-refractivity contribution >= 4 is 11.7 Å². The Morgan fingerprint density at radius 3 is 2.53 bits per heavy atom. The minimum atomic E-state index is -4.32. The first-order valence-electron chi connectivity index (χ1n) is 9.29. The van der Waals surface area contributed by atoms with Crippen LogP contribution in [0.15, 0.2) is 36.4 Å². The lowest BCUT2D eigenvalue weighted by Crippen LogP contribution is -2.43. The number of aromatic nitrogens is 2. The highest BCUT2D eigenvalue weighted by molar-refractivity contribution is 5.79. The van der Waals surface area contributed by atoms with Gasteiger partial charge in [0.05, 0.1) is 24.5 Å². The molecule has 10 heteroatoms. The molecule has 0 bridgehead atoms. The van der Waals surface area contributed by atoms with E-state index < -0.39 is 24.2 Å². The zero-order valence-electron chi connectivity index (χ0n) is 16.1. The predicted molar refractivity (Wildman–Crippen MR) is 102 cm³/mol. The van der Waals surface area contributed by atoms with Gasteiger partial charge in [0, 0.05) is 13.1 Å². The van der Waals surface area contributed by atoms with Crippen LogP contribution in [0.25, 0.3) is 0 Å². The predicted octanol–water partition coefficient (Wildman–Crippen LogP) is 1.92. The lowest BCUT2D eigenvalue weighted by atomic mass is 9.98. The molecule has 1 aliphatic rings. The third kappa shape index (κ3) is 5.04. The van der Waals surface area contributed by atoms with E-state index >= 15 is 0 Å². The van der Waals surface area contributed by atoms with Crippen LogP contribution in [0.1, 0.15) is 29.7 Å². The number of benzene rings is 1. The van der Waals surface area contributed by atoms with Gasteiger partial charge in [-0.15, -0.1) is 10.2 Å². The number of amides is 1. The van der Waals surface area contributed by atoms with Crippen LogP contribution in [0, 0.1) is 11.3 Å². The van der Waals surface area contributed by atoms with Crippen LogP contribution in [-0.2, 0) is 11.2 Å². The highest BCUT2D eigenvalue weighted by Crippen LogP contribution is 2.34. The molecule has 1 unspecified atom stereocenters. The molecular formula is C20H20F3N5O2. The van der Waals surface area contributed by atoms with Gasteiger partial charge < -0.3 is 15.3 Å². The van der Waals surface area contributed by atoms with Crippen molar-refractivity contribution in [2.75, 3.05) is 18.0 Å². The summed E-state index contributed by atoms with van der Waals surface area (Å²) in [6.45, 7) is 1.65. The Balaban J connectivity index is 1.56. The Hall–Kier alpha value is -3.19. The first-order chi connectivity index (χ1) is 14.2. The highest BCUT2D eigenvalue weighted by atomic mass is 19.4. The molecule has 1 fully saturated rings. The molecule has 1 aromatic carbocycles. The van der Waals surface area contributed by atoms with Gasteiger partial charge in [0.2, 0.25) is 5.91 Å². The number of carbonyl (C=O) groups excluding carboxylic acids is 1. The SMILES string of the molecule is CC(c1ccc(CC(=O)N[C@H]2CN(c3ccc(C#N)nn3)C[C@H]2O)cc1)C(F)(F)F. The summed E-state index contributed by atoms with van der Waals surface area (Å²) >= 11 is 0. The molecule has 0 aliphatic carbocycles. The fourth-order valence-electron chi connectivity index (χ4n) is 3.23. The van der Waals surface area contributed by atoms with Crippen LogP contribution < -0.4 is 10.2 Å². The van der Waals surface area contributed by atoms with Crippen LogP contribution in [0.2, 0.25) is 0 Å². The number of aliphatic hydroxyl groups is 1. The molecule has 3 rings (SSSR count). The zero-order valence-corrected chi connectivity index (χ0v) is 16.1. The standard InChI is InChI=1S/C20H20F3N5O2/c1-12(20(21,22)23)14-4-2-13(3-5-14)8-19(30)25-16-10-28(11-17(16)29)18-7-6-15(9-24)26-27-18/h2-7,12,16-17,29H,8,10-11H2,1H3,(H,25,30)/t12?,16-,17+/m0/s1. The van der Waals surface area contributed by atoms with E-state index in [1.165, 1.54) is 30.3 Å². The molecule has 1 aliphatic heterocycles. The number of carbonyl (C=O) groups is 1. The van der Waals surface area contributed by atoms with Gasteiger partial charge in [-0.3, -0.25) is 4.79 Å². The van der Waals surface area contributed by atoms with E-state index in [-0.39, 0.29) is 30.1 Å². The first-order valence-corrected chi connectivity index (χ1v) is 9.29. The maximum Gasteiger partial charge on any atom is 0.395 e. The molecule has 158 valence electrons. The van der Waals surface area contributed by atoms with E-state index in [4.69, 9.17) is 5.26 Å². The number of rotatable bonds is 5. The third-order valence-corrected chi connectivity index (χ3v) is 5.06. The number of alkyl halides is 3. The second kappa shape index (κ2) is 8.67. The van der Waals surface area contributed by atoms with E-state index in [2.05, 4.69) is 15.5 Å². The fraction of sp³-hybridized carbons (Fsp3) is 0.400. The number of nitrogens with zero attached hydrogens (tertiary/aromatic N) is 4. The molecular weight excluding hydrogens is 399 g/mol. The van der Waals surface area contributed by atoms with Crippen LogP contribution >= 0.6 is 0 Å². The molecule has 0 radical (unpaired) electrons. The minimum absolute atomic E-state index is 0.0133. The fourth-order valence-corrected chi connectivity index (χ4v) is 3.23. The summed E-state index contributed by atoms with van der Waals surface area (Å²) in [6.07, 6.45) is -5.15. The number of β-amino-alcohol motifs (C(OH)–C–C–N with tert-alkyl or cyclic N) is 1. The van der Waals surface area contributed by atoms with Gasteiger partial charge in [-0.05, 0) is 30.2 Å². The monoisotopic (exact) mass is 419 g/mol. The second-order valence-corrected chi connectivity index (χ2v) is 7.22. The molecule has 0 saturated carbocycles. The Labute approximate surface area is 171 Å². The van der Waals surface area contributed by atoms with Gasteiger partial charge in [-0.25, -0.2) is 0 Å². The van der Waals surface area contributed by atoms with Crippen molar-refractivity contribution in [3.05, 3.63) is 53.2 Å². The van der Waals surface area contributed by atoms with E-state index in [0.29, 0.717) is 17.9 Å². The van der Waals surface area contributed by atoms with Crippen molar-refractivity contribution in [1.82, 2.24) is 15.5 Å². The summed E-state index contributed by atoms with van der Waals surface area (Å²) < 4.78 is 38.4. The van der Waals surface area contributed by atoms with Gasteiger partial charge in [0.25, 0.3) is 0 Å². The maximum atomic E-state index is 12.8. The summed E-state index contributed by atoms with van der Waals surface area (Å²) in [5.74, 6) is -1.44. The van der Waals surface area contributed by atoms with Crippen molar-refractivity contribution in [3.63, 3.8) is 0 Å². The average molecular weight is 419 g/mol. The molecule has 7 nitrogen and oxygen atoms in total. The topological polar surface area (TPSA) is 102 Å². The summed E-state index contributed by atoms with van der Waals surface area (Å²) in [7, 11) is 0. The van der Waals surface area contributed by atoms with Crippen LogP contribution in [0.3, 0.4) is 0 Å². The van der Waals surface area contributed by atoms with Crippen molar-refractivity contribution in [1.29, 1.82) is 5.26 Å². The van der Waals surface area contributed by atoms with E-state index in [1.807, 2.05) is 6.07 Å². The Morgan fingerprint density at radius 1 is 1.27 bits per heavy atom. The van der Waals surface area contributed by atoms with Crippen molar-refractivity contribution < 1.29 is 23.1 Å². The van der Waals surface area contributed by atoms with Crippen molar-refractivity contribution in [2.24, 2.45) is 0 Å². The quantitative estimate of drug-likeness (QED) is 0.768. The normalized spacial score (nSPS) is 19.9. The maximum absolute atomic E-state index is 12.8. The summed E-state index contributed by atoms with van der Waals surface area (Å²) in [4.78, 5) is 14.1. The summed E-state index contributed by atoms with van der Waals surface area (Å²) in [5.41, 5.74) is 0.893. The second-order valence-electron chi connectivity index (χ2n) is 7.22. The lowest BCUT2D eigenvalue weighted by Gasteiger charge is -2.18. The van der Waals surface area contributed by atoms with Crippen molar-refractivity contribution in [2.45, 2.75) is 37.6 Å². The number of halogens is 3. The molecule has 2 heterocycles. The molecule has 1 aromatic heterocycles. The molecule has 3 atom stereocenters. The van der Waals surface area contributed by atoms with Crippen molar-refractivity contribution in [3.8, 4) is 6.07 Å². The van der Waals surface area contributed by atoms with Gasteiger partial charge in [-0.2, -0.15) is 18.4 Å². The van der Waals surface area contributed by atoms with Gasteiger partial charge in [0.1, 0.15) is 6.07 Å². The van der Waals surface area contributed by atoms with Gasteiger partial charge in [0.15, 0.2) is 11.5 Å². The Morgan fingerprint density at radius 2 is 1.97 bits per heavy atom. The Kier molecular flexibility index (Phi) is 6.22. The number of nitrogens with one attached hydrogen (secondary N) is 1. The van der Waals surface area contributed by atoms with Gasteiger partial charge in [-0.1, -0.05) is 24.3 Å². The molecule has 1 saturated heterocycles. The largest absolute Gasteiger partial charge is 0.395 e. The van der Waals surface area contributed by atoms with E-state index in [1.54, 1.807) is 11.0 Å².